The second-order valence-electron chi connectivity index (χ2n) is 7.32. The predicted octanol–water partition coefficient (Wildman–Crippen LogP) is 1.17. The van der Waals surface area contributed by atoms with Crippen molar-refractivity contribution < 1.29 is 34.8 Å². The highest BCUT2D eigenvalue weighted by Crippen LogP contribution is 2.47. The fourth-order valence-electron chi connectivity index (χ4n) is 4.19. The van der Waals surface area contributed by atoms with Crippen LogP contribution in [0.2, 0.25) is 0 Å². The average Bonchev–Trinajstić information content (AvgIpc) is 2.68. The summed E-state index contributed by atoms with van der Waals surface area (Å²) in [5.41, 5.74) is -1.71. The molecule has 4 rings (SSSR count). The molecule has 144 valence electrons. The summed E-state index contributed by atoms with van der Waals surface area (Å²) in [6.07, 6.45) is -0.162. The number of benzene rings is 2. The molecule has 2 aromatic carbocycles. The third kappa shape index (κ3) is 2.26. The van der Waals surface area contributed by atoms with Crippen LogP contribution in [0.3, 0.4) is 0 Å². The molecule has 28 heavy (non-hydrogen) atoms. The molecular formula is C21H18O7. The number of hydrogen-bond donors (Lipinski definition) is 4. The second-order valence-corrected chi connectivity index (χ2v) is 7.32. The third-order valence-corrected chi connectivity index (χ3v) is 5.82. The minimum atomic E-state index is -1.70. The van der Waals surface area contributed by atoms with E-state index in [2.05, 4.69) is 0 Å². The van der Waals surface area contributed by atoms with E-state index in [-0.39, 0.29) is 58.2 Å². The fraction of sp³-hybridized carbons (Fsp3) is 0.286. The van der Waals surface area contributed by atoms with Crippen molar-refractivity contribution in [2.45, 2.75) is 38.4 Å². The number of aliphatic hydroxyl groups excluding tert-OH is 1. The van der Waals surface area contributed by atoms with Crippen molar-refractivity contribution in [3.63, 3.8) is 0 Å². The van der Waals surface area contributed by atoms with Crippen LogP contribution in [0.15, 0.2) is 18.2 Å². The molecule has 0 amide bonds. The number of aliphatic hydroxyl groups is 2. The number of phenolic OH excluding ortho intramolecular Hbond substituents is 2. The summed E-state index contributed by atoms with van der Waals surface area (Å²) in [7, 11) is 0. The van der Waals surface area contributed by atoms with Gasteiger partial charge in [0, 0.05) is 28.7 Å². The molecule has 7 nitrogen and oxygen atoms in total. The Hall–Kier alpha value is -3.03. The molecule has 0 saturated carbocycles. The van der Waals surface area contributed by atoms with Gasteiger partial charge >= 0.3 is 0 Å². The van der Waals surface area contributed by atoms with Crippen molar-refractivity contribution in [2.75, 3.05) is 0 Å². The number of fused-ring (bicyclic) bond motifs is 3. The standard InChI is InChI=1S/C21H18O7/c1-9(23)21(28)6-5-11-13(7-21)19(26)15-16(17(11)24)20(27)14-10(8-22)3-2-4-12(14)18(15)25/h2-4,22,24,26,28H,5-8H2,1H3/t21-/m1/s1. The first-order chi connectivity index (χ1) is 13.2. The Morgan fingerprint density at radius 1 is 1.04 bits per heavy atom. The molecule has 2 aromatic rings. The minimum Gasteiger partial charge on any atom is -0.507 e. The van der Waals surface area contributed by atoms with E-state index in [0.717, 1.165) is 0 Å². The Morgan fingerprint density at radius 3 is 2.32 bits per heavy atom. The van der Waals surface area contributed by atoms with Crippen LogP contribution in [0.1, 0.15) is 61.9 Å². The molecule has 0 spiro atoms. The van der Waals surface area contributed by atoms with Crippen LogP contribution in [0.25, 0.3) is 0 Å². The van der Waals surface area contributed by atoms with E-state index >= 15 is 0 Å². The summed E-state index contributed by atoms with van der Waals surface area (Å²) in [5, 5.41) is 41.7. The van der Waals surface area contributed by atoms with Gasteiger partial charge in [0.15, 0.2) is 17.3 Å². The van der Waals surface area contributed by atoms with Gasteiger partial charge in [0.2, 0.25) is 0 Å². The number of aromatic hydroxyl groups is 2. The lowest BCUT2D eigenvalue weighted by Gasteiger charge is -2.34. The smallest absolute Gasteiger partial charge is 0.198 e. The largest absolute Gasteiger partial charge is 0.507 e. The van der Waals surface area contributed by atoms with Crippen molar-refractivity contribution in [1.29, 1.82) is 0 Å². The topological polar surface area (TPSA) is 132 Å². The van der Waals surface area contributed by atoms with Gasteiger partial charge in [-0.1, -0.05) is 18.2 Å². The van der Waals surface area contributed by atoms with Crippen LogP contribution in [0.5, 0.6) is 11.5 Å². The molecule has 0 heterocycles. The minimum absolute atomic E-state index is 0.00759. The van der Waals surface area contributed by atoms with Crippen LogP contribution in [0.4, 0.5) is 0 Å². The monoisotopic (exact) mass is 382 g/mol. The summed E-state index contributed by atoms with van der Waals surface area (Å²) >= 11 is 0. The second kappa shape index (κ2) is 5.98. The Kier molecular flexibility index (Phi) is 3.92. The normalized spacial score (nSPS) is 20.4. The van der Waals surface area contributed by atoms with E-state index < -0.39 is 41.1 Å². The predicted molar refractivity (Wildman–Crippen MR) is 96.7 cm³/mol. The van der Waals surface area contributed by atoms with Crippen molar-refractivity contribution in [2.24, 2.45) is 0 Å². The highest BCUT2D eigenvalue weighted by atomic mass is 16.3. The van der Waals surface area contributed by atoms with Crippen molar-refractivity contribution >= 4 is 17.3 Å². The molecule has 2 aliphatic carbocycles. The van der Waals surface area contributed by atoms with Crippen LogP contribution >= 0.6 is 0 Å². The zero-order chi connectivity index (χ0) is 20.4. The molecule has 0 aliphatic heterocycles. The van der Waals surface area contributed by atoms with Gasteiger partial charge in [0.1, 0.15) is 17.1 Å². The van der Waals surface area contributed by atoms with Crippen molar-refractivity contribution in [3.05, 3.63) is 57.1 Å². The first-order valence-electron chi connectivity index (χ1n) is 8.86. The summed E-state index contributed by atoms with van der Waals surface area (Å²) in [4.78, 5) is 38.0. The Labute approximate surface area is 159 Å². The molecule has 2 aliphatic rings. The number of rotatable bonds is 2. The number of ketones is 3. The lowest BCUT2D eigenvalue weighted by Crippen LogP contribution is -2.42. The molecule has 0 bridgehead atoms. The number of hydrogen-bond acceptors (Lipinski definition) is 7. The van der Waals surface area contributed by atoms with E-state index in [9.17, 15) is 34.8 Å². The summed E-state index contributed by atoms with van der Waals surface area (Å²) in [6, 6.07) is 4.45. The van der Waals surface area contributed by atoms with Crippen LogP contribution < -0.4 is 0 Å². The molecule has 4 N–H and O–H groups in total. The van der Waals surface area contributed by atoms with Gasteiger partial charge < -0.3 is 20.4 Å². The molecular weight excluding hydrogens is 364 g/mol. The molecule has 0 aromatic heterocycles. The quantitative estimate of drug-likeness (QED) is 0.489. The Balaban J connectivity index is 2.00. The SMILES string of the molecule is CC(=O)[C@@]1(O)CCc2c(O)c3c(c(O)c2C1)C(=O)c1cccc(CO)c1C3=O. The summed E-state index contributed by atoms with van der Waals surface area (Å²) in [5.74, 6) is -2.72. The van der Waals surface area contributed by atoms with Gasteiger partial charge in [-0.2, -0.15) is 0 Å². The molecule has 0 unspecified atom stereocenters. The first kappa shape index (κ1) is 18.3. The van der Waals surface area contributed by atoms with E-state index in [4.69, 9.17) is 0 Å². The average molecular weight is 382 g/mol. The van der Waals surface area contributed by atoms with Crippen molar-refractivity contribution in [1.82, 2.24) is 0 Å². The van der Waals surface area contributed by atoms with Crippen molar-refractivity contribution in [3.8, 4) is 11.5 Å². The van der Waals surface area contributed by atoms with Crippen LogP contribution in [-0.4, -0.2) is 43.4 Å². The number of carbonyl (C=O) groups excluding carboxylic acids is 3. The summed E-state index contributed by atoms with van der Waals surface area (Å²) in [6.45, 7) is 0.780. The maximum Gasteiger partial charge on any atom is 0.198 e. The molecule has 1 atom stereocenters. The van der Waals surface area contributed by atoms with Gasteiger partial charge in [-0.15, -0.1) is 0 Å². The van der Waals surface area contributed by atoms with Gasteiger partial charge in [-0.3, -0.25) is 14.4 Å². The maximum atomic E-state index is 13.1. The van der Waals surface area contributed by atoms with Gasteiger partial charge in [0.25, 0.3) is 0 Å². The highest BCUT2D eigenvalue weighted by Gasteiger charge is 2.44. The zero-order valence-corrected chi connectivity index (χ0v) is 15.1. The lowest BCUT2D eigenvalue weighted by molar-refractivity contribution is -0.136. The lowest BCUT2D eigenvalue weighted by atomic mass is 9.73. The zero-order valence-electron chi connectivity index (χ0n) is 15.1. The highest BCUT2D eigenvalue weighted by molar-refractivity contribution is 6.31. The first-order valence-corrected chi connectivity index (χ1v) is 8.86. The Morgan fingerprint density at radius 2 is 1.68 bits per heavy atom. The molecule has 0 fully saturated rings. The van der Waals surface area contributed by atoms with E-state index in [1.165, 1.54) is 25.1 Å². The van der Waals surface area contributed by atoms with E-state index in [1.54, 1.807) is 0 Å². The summed E-state index contributed by atoms with van der Waals surface area (Å²) < 4.78 is 0. The van der Waals surface area contributed by atoms with E-state index in [0.29, 0.717) is 0 Å². The number of Topliss-reactive ketones (excluding diaryl/α,β-unsaturated/α-hetero) is 1. The molecule has 7 heteroatoms. The van der Waals surface area contributed by atoms with Crippen LogP contribution in [0, 0.1) is 0 Å². The third-order valence-electron chi connectivity index (χ3n) is 5.82. The number of phenols is 2. The van der Waals surface area contributed by atoms with Gasteiger partial charge in [-0.05, 0) is 25.3 Å². The maximum absolute atomic E-state index is 13.1. The molecule has 0 radical (unpaired) electrons. The van der Waals surface area contributed by atoms with Gasteiger partial charge in [0.05, 0.1) is 17.7 Å². The van der Waals surface area contributed by atoms with Crippen LogP contribution in [-0.2, 0) is 24.2 Å². The fourth-order valence-corrected chi connectivity index (χ4v) is 4.19. The van der Waals surface area contributed by atoms with Gasteiger partial charge in [-0.25, -0.2) is 0 Å². The Bertz CT molecular complexity index is 1080. The van der Waals surface area contributed by atoms with E-state index in [1.807, 2.05) is 0 Å². The molecule has 0 saturated heterocycles. The number of carbonyl (C=O) groups is 3.